The molecule has 1 aromatic carbocycles. The Labute approximate surface area is 123 Å². The zero-order valence-corrected chi connectivity index (χ0v) is 12.1. The van der Waals surface area contributed by atoms with Crippen molar-refractivity contribution in [1.82, 2.24) is 5.32 Å². The second-order valence-electron chi connectivity index (χ2n) is 5.46. The number of hydrogen-bond acceptors (Lipinski definition) is 3. The Hall–Kier alpha value is -2.09. The zero-order chi connectivity index (χ0) is 15.3. The second-order valence-corrected chi connectivity index (χ2v) is 5.46. The summed E-state index contributed by atoms with van der Waals surface area (Å²) in [4.78, 5) is 12.2. The van der Waals surface area contributed by atoms with Gasteiger partial charge in [-0.3, -0.25) is 4.79 Å². The monoisotopic (exact) mass is 290 g/mol. The van der Waals surface area contributed by atoms with Gasteiger partial charge in [-0.05, 0) is 44.0 Å². The van der Waals surface area contributed by atoms with E-state index in [0.717, 1.165) is 19.3 Å². The van der Waals surface area contributed by atoms with Gasteiger partial charge in [0.2, 0.25) is 0 Å². The molecule has 1 saturated carbocycles. The number of amides is 1. The van der Waals surface area contributed by atoms with Gasteiger partial charge in [-0.2, -0.15) is 5.26 Å². The fourth-order valence-electron chi connectivity index (χ4n) is 2.53. The molecule has 0 bridgehead atoms. The molecule has 4 nitrogen and oxygen atoms in total. The largest absolute Gasteiger partial charge is 0.481 e. The number of nitrogens with one attached hydrogen (secondary N) is 1. The second kappa shape index (κ2) is 6.57. The van der Waals surface area contributed by atoms with Crippen LogP contribution >= 0.6 is 0 Å². The first kappa shape index (κ1) is 15.3. The fraction of sp³-hybridized carbons (Fsp3) is 0.500. The summed E-state index contributed by atoms with van der Waals surface area (Å²) in [5.74, 6) is -0.249. The number of hydrogen-bond donors (Lipinski definition) is 1. The van der Waals surface area contributed by atoms with Gasteiger partial charge in [-0.25, -0.2) is 4.39 Å². The van der Waals surface area contributed by atoms with Gasteiger partial charge in [-0.15, -0.1) is 0 Å². The van der Waals surface area contributed by atoms with Crippen LogP contribution < -0.4 is 10.1 Å². The van der Waals surface area contributed by atoms with Crippen molar-refractivity contribution in [1.29, 1.82) is 5.26 Å². The lowest BCUT2D eigenvalue weighted by molar-refractivity contribution is -0.129. The third-order valence-corrected chi connectivity index (χ3v) is 3.78. The van der Waals surface area contributed by atoms with Crippen LogP contribution in [0.5, 0.6) is 5.75 Å². The number of benzene rings is 1. The van der Waals surface area contributed by atoms with E-state index in [1.54, 1.807) is 6.92 Å². The third-order valence-electron chi connectivity index (χ3n) is 3.78. The average molecular weight is 290 g/mol. The third kappa shape index (κ3) is 3.94. The topological polar surface area (TPSA) is 62.1 Å². The quantitative estimate of drug-likeness (QED) is 0.927. The van der Waals surface area contributed by atoms with E-state index in [9.17, 15) is 14.4 Å². The predicted molar refractivity (Wildman–Crippen MR) is 76.1 cm³/mol. The molecule has 1 atom stereocenters. The zero-order valence-electron chi connectivity index (χ0n) is 12.1. The highest BCUT2D eigenvalue weighted by Crippen LogP contribution is 2.27. The van der Waals surface area contributed by atoms with Crippen LogP contribution in [0.4, 0.5) is 4.39 Å². The molecule has 21 heavy (non-hydrogen) atoms. The lowest BCUT2D eigenvalue weighted by atomic mass is 9.83. The number of nitrogens with zero attached hydrogens (tertiary/aromatic N) is 1. The van der Waals surface area contributed by atoms with E-state index in [-0.39, 0.29) is 11.7 Å². The van der Waals surface area contributed by atoms with Crippen LogP contribution in [0.2, 0.25) is 0 Å². The first-order valence-electron chi connectivity index (χ1n) is 7.20. The number of halogens is 1. The summed E-state index contributed by atoms with van der Waals surface area (Å²) in [6.45, 7) is 1.62. The van der Waals surface area contributed by atoms with Crippen molar-refractivity contribution >= 4 is 5.91 Å². The maximum atomic E-state index is 12.8. The molecule has 2 rings (SSSR count). The number of carbonyl (C=O) groups excluding carboxylic acids is 1. The molecule has 0 heterocycles. The standard InChI is InChI=1S/C16H19FN2O2/c1-12(21-14-7-5-13(17)6-8-14)15(20)19-16(11-18)9-3-2-4-10-16/h5-8,12H,2-4,9-10H2,1H3,(H,19,20). The summed E-state index contributed by atoms with van der Waals surface area (Å²) in [5.41, 5.74) is -0.768. The highest BCUT2D eigenvalue weighted by Gasteiger charge is 2.35. The van der Waals surface area contributed by atoms with Crippen molar-refractivity contribution in [2.75, 3.05) is 0 Å². The first-order chi connectivity index (χ1) is 10.0. The lowest BCUT2D eigenvalue weighted by Gasteiger charge is -2.32. The lowest BCUT2D eigenvalue weighted by Crippen LogP contribution is -2.52. The summed E-state index contributed by atoms with van der Waals surface area (Å²) >= 11 is 0. The van der Waals surface area contributed by atoms with Crippen molar-refractivity contribution in [2.24, 2.45) is 0 Å². The summed E-state index contributed by atoms with van der Waals surface area (Å²) in [5, 5.41) is 12.2. The maximum absolute atomic E-state index is 12.8. The average Bonchev–Trinajstić information content (AvgIpc) is 2.50. The SMILES string of the molecule is CC(Oc1ccc(F)cc1)C(=O)NC1(C#N)CCCCC1. The van der Waals surface area contributed by atoms with Gasteiger partial charge in [0.05, 0.1) is 6.07 Å². The molecule has 1 unspecified atom stereocenters. The maximum Gasteiger partial charge on any atom is 0.262 e. The Bertz CT molecular complexity index is 530. The van der Waals surface area contributed by atoms with Crippen LogP contribution in [0.1, 0.15) is 39.0 Å². The van der Waals surface area contributed by atoms with E-state index >= 15 is 0 Å². The number of nitriles is 1. The molecule has 1 aliphatic rings. The summed E-state index contributed by atoms with van der Waals surface area (Å²) in [6, 6.07) is 7.73. The Morgan fingerprint density at radius 3 is 2.52 bits per heavy atom. The number of rotatable bonds is 4. The van der Waals surface area contributed by atoms with Gasteiger partial charge in [0.25, 0.3) is 5.91 Å². The van der Waals surface area contributed by atoms with E-state index < -0.39 is 11.6 Å². The molecule has 1 aliphatic carbocycles. The van der Waals surface area contributed by atoms with Crippen molar-refractivity contribution in [3.8, 4) is 11.8 Å². The van der Waals surface area contributed by atoms with Gasteiger partial charge in [0.1, 0.15) is 17.1 Å². The summed E-state index contributed by atoms with van der Waals surface area (Å²) < 4.78 is 18.3. The highest BCUT2D eigenvalue weighted by molar-refractivity contribution is 5.82. The van der Waals surface area contributed by atoms with Gasteiger partial charge in [0.15, 0.2) is 6.10 Å². The molecule has 1 aromatic rings. The van der Waals surface area contributed by atoms with E-state index in [1.165, 1.54) is 24.3 Å². The smallest absolute Gasteiger partial charge is 0.262 e. The Morgan fingerprint density at radius 1 is 1.33 bits per heavy atom. The molecule has 0 aliphatic heterocycles. The van der Waals surface area contributed by atoms with Crippen LogP contribution in [-0.2, 0) is 4.79 Å². The van der Waals surface area contributed by atoms with E-state index in [4.69, 9.17) is 4.74 Å². The predicted octanol–water partition coefficient (Wildman–Crippen LogP) is 2.94. The minimum absolute atomic E-state index is 0.317. The van der Waals surface area contributed by atoms with Crippen LogP contribution in [-0.4, -0.2) is 17.6 Å². The summed E-state index contributed by atoms with van der Waals surface area (Å²) in [6.07, 6.45) is 3.61. The minimum Gasteiger partial charge on any atom is -0.481 e. The molecule has 0 saturated heterocycles. The molecule has 0 radical (unpaired) electrons. The van der Waals surface area contributed by atoms with Gasteiger partial charge < -0.3 is 10.1 Å². The van der Waals surface area contributed by atoms with Gasteiger partial charge in [0, 0.05) is 0 Å². The van der Waals surface area contributed by atoms with Crippen molar-refractivity contribution in [2.45, 2.75) is 50.7 Å². The Morgan fingerprint density at radius 2 is 1.95 bits per heavy atom. The van der Waals surface area contributed by atoms with Crippen LogP contribution in [0.15, 0.2) is 24.3 Å². The highest BCUT2D eigenvalue weighted by atomic mass is 19.1. The molecule has 1 fully saturated rings. The van der Waals surface area contributed by atoms with Gasteiger partial charge in [-0.1, -0.05) is 19.3 Å². The summed E-state index contributed by atoms with van der Waals surface area (Å²) in [7, 11) is 0. The Kier molecular flexibility index (Phi) is 4.79. The van der Waals surface area contributed by atoms with Crippen molar-refractivity contribution < 1.29 is 13.9 Å². The first-order valence-corrected chi connectivity index (χ1v) is 7.20. The number of ether oxygens (including phenoxy) is 1. The molecule has 1 N–H and O–H groups in total. The molecule has 1 amide bonds. The van der Waals surface area contributed by atoms with E-state index in [1.807, 2.05) is 0 Å². The van der Waals surface area contributed by atoms with Crippen molar-refractivity contribution in [3.05, 3.63) is 30.1 Å². The fourth-order valence-corrected chi connectivity index (χ4v) is 2.53. The molecule has 0 spiro atoms. The molecule has 5 heteroatoms. The van der Waals surface area contributed by atoms with Crippen LogP contribution in [0.3, 0.4) is 0 Å². The molecule has 112 valence electrons. The minimum atomic E-state index is -0.768. The van der Waals surface area contributed by atoms with Gasteiger partial charge >= 0.3 is 0 Å². The molecular formula is C16H19FN2O2. The van der Waals surface area contributed by atoms with Crippen LogP contribution in [0.25, 0.3) is 0 Å². The van der Waals surface area contributed by atoms with E-state index in [2.05, 4.69) is 11.4 Å². The normalized spacial score (nSPS) is 18.3. The molecule has 0 aromatic heterocycles. The molecular weight excluding hydrogens is 271 g/mol. The Balaban J connectivity index is 1.95. The number of carbonyl (C=O) groups is 1. The van der Waals surface area contributed by atoms with E-state index in [0.29, 0.717) is 18.6 Å². The van der Waals surface area contributed by atoms with Crippen LogP contribution in [0, 0.1) is 17.1 Å². The van der Waals surface area contributed by atoms with Crippen molar-refractivity contribution in [3.63, 3.8) is 0 Å².